The Morgan fingerprint density at radius 3 is 1.63 bits per heavy atom. The number of hydrogen-bond acceptors (Lipinski definition) is 23. The molecule has 83 heavy (non-hydrogen) atoms. The maximum Gasteiger partial charge on any atom is 0.246 e. The first kappa shape index (κ1) is 74.9. The lowest BCUT2D eigenvalue weighted by atomic mass is 9.99. The molecule has 0 aliphatic carbocycles. The molecule has 1 heterocycles. The van der Waals surface area contributed by atoms with Crippen molar-refractivity contribution in [3.63, 3.8) is 0 Å². The lowest BCUT2D eigenvalue weighted by Crippen LogP contribution is -2.59. The Bertz CT molecular complexity index is 2050. The number of hydrogen-bond donors (Lipinski definition) is 18. The zero-order valence-corrected chi connectivity index (χ0v) is 48.0. The minimum absolute atomic E-state index is 0.0192. The highest BCUT2D eigenvalue weighted by atomic mass is 32.1. The van der Waals surface area contributed by atoms with Crippen molar-refractivity contribution in [3.05, 3.63) is 0 Å². The molecular formula is C48H88N14O20S. The minimum atomic E-state index is -1.69. The summed E-state index contributed by atoms with van der Waals surface area (Å²) in [6.07, 6.45) is -6.96. The van der Waals surface area contributed by atoms with E-state index >= 15 is 0 Å². The van der Waals surface area contributed by atoms with E-state index in [1.165, 1.54) is 20.8 Å². The predicted molar refractivity (Wildman–Crippen MR) is 296 cm³/mol. The number of nitrogens with zero attached hydrogens (tertiary/aromatic N) is 1. The molecule has 0 aromatic heterocycles. The van der Waals surface area contributed by atoms with Gasteiger partial charge in [-0.2, -0.15) is 12.6 Å². The van der Waals surface area contributed by atoms with Crippen molar-refractivity contribution in [1.29, 1.82) is 0 Å². The van der Waals surface area contributed by atoms with Gasteiger partial charge in [-0.15, -0.1) is 0 Å². The summed E-state index contributed by atoms with van der Waals surface area (Å²) >= 11 is 3.94. The van der Waals surface area contributed by atoms with Crippen molar-refractivity contribution in [1.82, 2.24) is 47.9 Å². The molecule has 0 radical (unpaired) electrons. The average molecular weight is 1210 g/mol. The normalized spacial score (nSPS) is 18.7. The van der Waals surface area contributed by atoms with Crippen molar-refractivity contribution in [2.24, 2.45) is 27.9 Å². The van der Waals surface area contributed by atoms with Gasteiger partial charge in [0, 0.05) is 45.3 Å². The molecule has 0 aromatic rings. The third-order valence-corrected chi connectivity index (χ3v) is 12.1. The molecule has 1 rings (SSSR count). The fourth-order valence-corrected chi connectivity index (χ4v) is 7.50. The largest absolute Gasteiger partial charge is 0.394 e. The second-order valence-electron chi connectivity index (χ2n) is 18.7. The van der Waals surface area contributed by atoms with Crippen LogP contribution in [0, 0.1) is 0 Å². The first-order valence-electron chi connectivity index (χ1n) is 26.9. The number of unbranched alkanes of at least 4 members (excludes halogenated alkanes) is 1. The number of nitrogens with two attached hydrogens (primary N) is 4. The van der Waals surface area contributed by atoms with Crippen LogP contribution >= 0.6 is 12.6 Å². The number of thiol groups is 1. The lowest BCUT2D eigenvalue weighted by Gasteiger charge is -2.39. The highest BCUT2D eigenvalue weighted by Gasteiger charge is 2.44. The maximum atomic E-state index is 13.8. The van der Waals surface area contributed by atoms with Gasteiger partial charge in [0.25, 0.3) is 0 Å². The van der Waals surface area contributed by atoms with E-state index in [0.29, 0.717) is 19.4 Å². The van der Waals surface area contributed by atoms with Gasteiger partial charge >= 0.3 is 0 Å². The number of aliphatic hydroxyl groups excluding tert-OH is 4. The standard InChI is InChI=1S/C48H88N14O20S/c1-27(42(72)61-30(7-4-5-11-49)44(74)55-14-17-78-19-21-79-24-36(66)54-13-16-77-20-22-80-25-37(67)60-33(26-83)41(50)71)58-46(76)32(9-10-35(65)53-15-18-81-47-40(70)39(69)38(68)34(23-63)82-47)62-43(73)28(2)57-45(75)31(59-29(3)64)8-6-12-56-48(51)52/h27-28,30-34,38-40,47,63,68-70,83H,4-26,49H2,1-3H3,(H2,50,71)(H,53,65)(H,54,66)(H,55,74)(H,57,75)(H,58,76)(H,59,64)(H,60,67)(H,61,72)(H,62,73)(H4,51,52,56)/t27-,28-,30-,31-,32-,33-,34+,38+,39-,40-,47-/m0/s1. The molecule has 10 amide bonds. The van der Waals surface area contributed by atoms with Crippen LogP contribution in [0.15, 0.2) is 4.99 Å². The van der Waals surface area contributed by atoms with E-state index in [2.05, 4.69) is 65.5 Å². The summed E-state index contributed by atoms with van der Waals surface area (Å²) < 4.78 is 32.0. The quantitative estimate of drug-likeness (QED) is 0.0117. The Morgan fingerprint density at radius 2 is 1.08 bits per heavy atom. The molecule has 0 bridgehead atoms. The molecule has 34 nitrogen and oxygen atoms in total. The van der Waals surface area contributed by atoms with Crippen LogP contribution in [0.1, 0.15) is 65.7 Å². The van der Waals surface area contributed by atoms with Crippen LogP contribution in [0.2, 0.25) is 0 Å². The molecule has 11 atom stereocenters. The van der Waals surface area contributed by atoms with Crippen LogP contribution < -0.4 is 70.8 Å². The van der Waals surface area contributed by atoms with Gasteiger partial charge in [0.05, 0.1) is 52.9 Å². The number of rotatable bonds is 45. The van der Waals surface area contributed by atoms with E-state index in [1.54, 1.807) is 0 Å². The van der Waals surface area contributed by atoms with Crippen LogP contribution in [0.3, 0.4) is 0 Å². The molecular weight excluding hydrogens is 1120 g/mol. The number of amides is 10. The summed E-state index contributed by atoms with van der Waals surface area (Å²) in [5.41, 5.74) is 21.5. The zero-order chi connectivity index (χ0) is 62.3. The third-order valence-electron chi connectivity index (χ3n) is 11.8. The van der Waals surface area contributed by atoms with Crippen molar-refractivity contribution < 1.29 is 96.8 Å². The lowest BCUT2D eigenvalue weighted by molar-refractivity contribution is -0.300. The molecule has 0 spiro atoms. The number of aliphatic imine (C=N–C) groups is 1. The van der Waals surface area contributed by atoms with Crippen molar-refractivity contribution in [2.75, 3.05) is 105 Å². The summed E-state index contributed by atoms with van der Waals surface area (Å²) in [5.74, 6) is -6.93. The maximum absolute atomic E-state index is 13.8. The number of carbonyl (C=O) groups excluding carboxylic acids is 10. The average Bonchev–Trinajstić information content (AvgIpc) is 3.50. The monoisotopic (exact) mass is 1210 g/mol. The molecule has 1 aliphatic heterocycles. The number of aliphatic hydroxyl groups is 4. The molecule has 0 aromatic carbocycles. The fraction of sp³-hybridized carbons (Fsp3) is 0.771. The fourth-order valence-electron chi connectivity index (χ4n) is 7.23. The van der Waals surface area contributed by atoms with Gasteiger partial charge in [0.15, 0.2) is 12.2 Å². The Kier molecular flexibility index (Phi) is 39.3. The molecule has 0 saturated carbocycles. The SMILES string of the molecule is CC(=O)N[C@@H](CCCN=C(N)N)C(=O)N[C@@H](C)C(=O)N[C@@H](CCC(=O)NCCO[C@H]1O[C@H](CO)[C@@H](O)[C@H](O)[C@@H]1O)C(=O)N[C@@H](C)C(=O)N[C@@H](CCCCN)C(=O)NCCOCCOCC(=O)NCCOCCOCC(=O)N[C@@H](CS)C(N)=O. The van der Waals surface area contributed by atoms with Crippen LogP contribution in [0.5, 0.6) is 0 Å². The first-order valence-corrected chi connectivity index (χ1v) is 27.6. The number of primary amides is 1. The minimum Gasteiger partial charge on any atom is -0.394 e. The van der Waals surface area contributed by atoms with Gasteiger partial charge in [0.2, 0.25) is 59.1 Å². The highest BCUT2D eigenvalue weighted by Crippen LogP contribution is 2.21. The van der Waals surface area contributed by atoms with Crippen molar-refractivity contribution in [2.45, 2.75) is 133 Å². The third kappa shape index (κ3) is 33.1. The number of carbonyl (C=O) groups is 10. The van der Waals surface area contributed by atoms with E-state index in [0.717, 1.165) is 0 Å². The van der Waals surface area contributed by atoms with Gasteiger partial charge in [-0.05, 0) is 58.9 Å². The van der Waals surface area contributed by atoms with Gasteiger partial charge in [0.1, 0.15) is 73.9 Å². The molecule has 1 aliphatic rings. The van der Waals surface area contributed by atoms with E-state index in [-0.39, 0.29) is 123 Å². The molecule has 35 heteroatoms. The Labute approximate surface area is 486 Å². The van der Waals surface area contributed by atoms with Crippen LogP contribution in [0.4, 0.5) is 0 Å². The Balaban J connectivity index is 2.80. The highest BCUT2D eigenvalue weighted by molar-refractivity contribution is 7.80. The zero-order valence-electron chi connectivity index (χ0n) is 47.1. The van der Waals surface area contributed by atoms with Crippen LogP contribution in [-0.2, 0) is 76.4 Å². The van der Waals surface area contributed by atoms with E-state index in [4.69, 9.17) is 51.4 Å². The Hall–Kier alpha value is -6.12. The Morgan fingerprint density at radius 1 is 0.566 bits per heavy atom. The van der Waals surface area contributed by atoms with Crippen LogP contribution in [0.25, 0.3) is 0 Å². The second kappa shape index (κ2) is 43.5. The predicted octanol–water partition coefficient (Wildman–Crippen LogP) is -9.44. The van der Waals surface area contributed by atoms with Crippen molar-refractivity contribution >= 4 is 77.7 Å². The van der Waals surface area contributed by atoms with E-state index in [9.17, 15) is 68.4 Å². The van der Waals surface area contributed by atoms with Gasteiger partial charge in [-0.3, -0.25) is 52.9 Å². The molecule has 1 saturated heterocycles. The van der Waals surface area contributed by atoms with Crippen LogP contribution in [-0.4, -0.2) is 257 Å². The topological polar surface area (TPSA) is 532 Å². The number of nitrogens with one attached hydrogen (secondary N) is 9. The summed E-state index contributed by atoms with van der Waals surface area (Å²) in [7, 11) is 0. The summed E-state index contributed by atoms with van der Waals surface area (Å²) in [5, 5.41) is 62.4. The van der Waals surface area contributed by atoms with Gasteiger partial charge < -0.3 is 120 Å². The van der Waals surface area contributed by atoms with E-state index in [1.807, 2.05) is 0 Å². The first-order chi connectivity index (χ1) is 39.4. The molecule has 476 valence electrons. The second-order valence-corrected chi connectivity index (χ2v) is 19.1. The molecule has 21 N–H and O–H groups in total. The summed E-state index contributed by atoms with van der Waals surface area (Å²) in [6, 6.07) is -7.24. The number of ether oxygens (including phenoxy) is 6. The summed E-state index contributed by atoms with van der Waals surface area (Å²) in [6.45, 7) is 3.25. The smallest absolute Gasteiger partial charge is 0.246 e. The van der Waals surface area contributed by atoms with Gasteiger partial charge in [-0.1, -0.05) is 0 Å². The van der Waals surface area contributed by atoms with E-state index < -0.39 is 139 Å². The molecule has 1 fully saturated rings. The van der Waals surface area contributed by atoms with Crippen molar-refractivity contribution in [3.8, 4) is 0 Å². The number of guanidine groups is 1. The van der Waals surface area contributed by atoms with Gasteiger partial charge in [-0.25, -0.2) is 0 Å². The molecule has 0 unspecified atom stereocenters. The summed E-state index contributed by atoms with van der Waals surface area (Å²) in [4.78, 5) is 131.